The second-order valence-electron chi connectivity index (χ2n) is 7.61. The van der Waals surface area contributed by atoms with E-state index in [0.29, 0.717) is 25.2 Å². The van der Waals surface area contributed by atoms with Crippen LogP contribution >= 0.6 is 0 Å². The van der Waals surface area contributed by atoms with Crippen molar-refractivity contribution in [3.8, 4) is 0 Å². The van der Waals surface area contributed by atoms with Gasteiger partial charge in [-0.3, -0.25) is 24.3 Å². The number of pyridine rings is 1. The molecule has 1 unspecified atom stereocenters. The Labute approximate surface area is 164 Å². The van der Waals surface area contributed by atoms with E-state index >= 15 is 0 Å². The fourth-order valence-electron chi connectivity index (χ4n) is 4.05. The molecule has 0 radical (unpaired) electrons. The first kappa shape index (κ1) is 20.3. The maximum Gasteiger partial charge on any atom is 0.317 e. The lowest BCUT2D eigenvalue weighted by Gasteiger charge is -2.43. The third kappa shape index (κ3) is 4.86. The van der Waals surface area contributed by atoms with Crippen LogP contribution in [0.5, 0.6) is 0 Å². The second-order valence-corrected chi connectivity index (χ2v) is 7.61. The molecular weight excluding hydrogens is 360 g/mol. The van der Waals surface area contributed by atoms with E-state index in [1.54, 1.807) is 29.4 Å². The molecule has 3 rings (SSSR count). The van der Waals surface area contributed by atoms with Gasteiger partial charge in [0.1, 0.15) is 0 Å². The number of piperidine rings is 1. The number of carboxylic acid groups (broad SMARTS) is 1. The zero-order valence-corrected chi connectivity index (χ0v) is 16.2. The largest absolute Gasteiger partial charge is 0.480 e. The fraction of sp³-hybridized carbons (Fsp3) is 0.600. The molecule has 2 aliphatic rings. The van der Waals surface area contributed by atoms with E-state index in [1.807, 2.05) is 11.8 Å². The number of aliphatic carboxylic acids is 1. The third-order valence-corrected chi connectivity index (χ3v) is 5.73. The zero-order chi connectivity index (χ0) is 20.1. The van der Waals surface area contributed by atoms with E-state index in [1.165, 1.54) is 0 Å². The van der Waals surface area contributed by atoms with Crippen molar-refractivity contribution in [3.63, 3.8) is 0 Å². The summed E-state index contributed by atoms with van der Waals surface area (Å²) in [6, 6.07) is 3.68. The topological polar surface area (TPSA) is 103 Å². The van der Waals surface area contributed by atoms with E-state index in [-0.39, 0.29) is 36.4 Å². The smallest absolute Gasteiger partial charge is 0.317 e. The summed E-state index contributed by atoms with van der Waals surface area (Å²) < 4.78 is 0. The van der Waals surface area contributed by atoms with Gasteiger partial charge in [0.25, 0.3) is 5.91 Å². The number of aromatic nitrogens is 1. The number of hydrogen-bond acceptors (Lipinski definition) is 5. The summed E-state index contributed by atoms with van der Waals surface area (Å²) in [5.41, 5.74) is 0.594. The molecule has 1 aliphatic carbocycles. The Morgan fingerprint density at radius 3 is 2.64 bits per heavy atom. The van der Waals surface area contributed by atoms with E-state index in [0.717, 1.165) is 25.7 Å². The van der Waals surface area contributed by atoms with Gasteiger partial charge in [0.15, 0.2) is 0 Å². The van der Waals surface area contributed by atoms with Crippen molar-refractivity contribution in [2.75, 3.05) is 26.2 Å². The number of hydrogen-bond donors (Lipinski definition) is 2. The predicted molar refractivity (Wildman–Crippen MR) is 103 cm³/mol. The summed E-state index contributed by atoms with van der Waals surface area (Å²) in [6.45, 7) is 3.77. The number of likely N-dealkylation sites (N-methyl/N-ethyl adjacent to an activating group) is 1. The first-order chi connectivity index (χ1) is 13.5. The van der Waals surface area contributed by atoms with Gasteiger partial charge in [-0.2, -0.15) is 0 Å². The molecule has 1 aromatic rings. The molecule has 2 amide bonds. The number of carbonyl (C=O) groups is 3. The summed E-state index contributed by atoms with van der Waals surface area (Å²) >= 11 is 0. The van der Waals surface area contributed by atoms with Crippen LogP contribution in [0.25, 0.3) is 0 Å². The average Bonchev–Trinajstić information content (AvgIpc) is 2.68. The molecule has 1 aromatic heterocycles. The number of carboxylic acids is 1. The van der Waals surface area contributed by atoms with E-state index < -0.39 is 5.97 Å². The van der Waals surface area contributed by atoms with Crippen LogP contribution in [-0.2, 0) is 9.59 Å². The van der Waals surface area contributed by atoms with Gasteiger partial charge < -0.3 is 15.3 Å². The van der Waals surface area contributed by atoms with Crippen LogP contribution in [0.4, 0.5) is 0 Å². The van der Waals surface area contributed by atoms with Crippen molar-refractivity contribution in [1.29, 1.82) is 0 Å². The van der Waals surface area contributed by atoms with Crippen LogP contribution in [0.2, 0.25) is 0 Å². The summed E-state index contributed by atoms with van der Waals surface area (Å²) in [7, 11) is 0. The van der Waals surface area contributed by atoms with Crippen LogP contribution < -0.4 is 5.32 Å². The Balaban J connectivity index is 1.47. The van der Waals surface area contributed by atoms with Crippen molar-refractivity contribution in [2.24, 2.45) is 5.92 Å². The minimum absolute atomic E-state index is 0.00281. The highest BCUT2D eigenvalue weighted by molar-refractivity contribution is 5.94. The summed E-state index contributed by atoms with van der Waals surface area (Å²) in [4.78, 5) is 43.8. The highest BCUT2D eigenvalue weighted by atomic mass is 16.4. The van der Waals surface area contributed by atoms with Gasteiger partial charge in [0.2, 0.25) is 5.91 Å². The standard InChI is InChI=1S/C20H28N4O4/c1-2-23(13-18(25)26)17-10-16(11-17)22-19(27)15-4-3-9-24(12-15)20(28)14-5-7-21-8-6-14/h5-8,15-17H,2-4,9-13H2,1H3,(H,22,27)(H,25,26). The maximum atomic E-state index is 12.7. The van der Waals surface area contributed by atoms with Gasteiger partial charge >= 0.3 is 5.97 Å². The van der Waals surface area contributed by atoms with Gasteiger partial charge in [0, 0.05) is 43.1 Å². The number of carbonyl (C=O) groups excluding carboxylic acids is 2. The number of likely N-dealkylation sites (tertiary alicyclic amines) is 1. The molecule has 1 saturated heterocycles. The average molecular weight is 388 g/mol. The van der Waals surface area contributed by atoms with Crippen molar-refractivity contribution in [1.82, 2.24) is 20.1 Å². The number of amides is 2. The molecule has 152 valence electrons. The van der Waals surface area contributed by atoms with Crippen molar-refractivity contribution < 1.29 is 19.5 Å². The van der Waals surface area contributed by atoms with E-state index in [2.05, 4.69) is 10.3 Å². The quantitative estimate of drug-likeness (QED) is 0.722. The van der Waals surface area contributed by atoms with E-state index in [9.17, 15) is 14.4 Å². The predicted octanol–water partition coefficient (Wildman–Crippen LogP) is 0.988. The zero-order valence-electron chi connectivity index (χ0n) is 16.2. The van der Waals surface area contributed by atoms with E-state index in [4.69, 9.17) is 5.11 Å². The molecule has 8 heteroatoms. The van der Waals surface area contributed by atoms with Crippen LogP contribution in [-0.4, -0.2) is 75.9 Å². The van der Waals surface area contributed by atoms with Gasteiger partial charge in [-0.15, -0.1) is 0 Å². The minimum Gasteiger partial charge on any atom is -0.480 e. The normalized spacial score (nSPS) is 24.5. The molecule has 0 bridgehead atoms. The molecule has 2 N–H and O–H groups in total. The van der Waals surface area contributed by atoms with Crippen LogP contribution in [0.1, 0.15) is 43.0 Å². The number of nitrogens with one attached hydrogen (secondary N) is 1. The summed E-state index contributed by atoms with van der Waals surface area (Å²) in [6.07, 6.45) is 6.34. The molecule has 1 aliphatic heterocycles. The molecule has 8 nitrogen and oxygen atoms in total. The molecule has 1 saturated carbocycles. The van der Waals surface area contributed by atoms with Gasteiger partial charge in [-0.25, -0.2) is 0 Å². The van der Waals surface area contributed by atoms with Crippen molar-refractivity contribution in [3.05, 3.63) is 30.1 Å². The minimum atomic E-state index is -0.824. The Hall–Kier alpha value is -2.48. The van der Waals surface area contributed by atoms with Gasteiger partial charge in [-0.1, -0.05) is 6.92 Å². The fourth-order valence-corrected chi connectivity index (χ4v) is 4.05. The first-order valence-electron chi connectivity index (χ1n) is 9.93. The lowest BCUT2D eigenvalue weighted by Crippen LogP contribution is -2.56. The number of nitrogens with zero attached hydrogens (tertiary/aromatic N) is 3. The van der Waals surface area contributed by atoms with Crippen LogP contribution in [0, 0.1) is 5.92 Å². The number of rotatable bonds is 7. The Morgan fingerprint density at radius 2 is 2.00 bits per heavy atom. The lowest BCUT2D eigenvalue weighted by molar-refractivity contribution is -0.140. The lowest BCUT2D eigenvalue weighted by atomic mass is 9.84. The summed E-state index contributed by atoms with van der Waals surface area (Å²) in [5, 5.41) is 12.1. The third-order valence-electron chi connectivity index (χ3n) is 5.73. The summed E-state index contributed by atoms with van der Waals surface area (Å²) in [5.74, 6) is -1.08. The van der Waals surface area contributed by atoms with Crippen LogP contribution in [0.15, 0.2) is 24.5 Å². The van der Waals surface area contributed by atoms with Gasteiger partial charge in [-0.05, 0) is 44.4 Å². The highest BCUT2D eigenvalue weighted by Crippen LogP contribution is 2.27. The molecule has 1 atom stereocenters. The molecule has 0 spiro atoms. The molecular formula is C20H28N4O4. The SMILES string of the molecule is CCN(CC(=O)O)C1CC(NC(=O)C2CCCN(C(=O)c3ccncc3)C2)C1. The molecule has 2 fully saturated rings. The van der Waals surface area contributed by atoms with Crippen molar-refractivity contribution in [2.45, 2.75) is 44.7 Å². The Morgan fingerprint density at radius 1 is 1.29 bits per heavy atom. The molecule has 2 heterocycles. The molecule has 28 heavy (non-hydrogen) atoms. The van der Waals surface area contributed by atoms with Crippen LogP contribution in [0.3, 0.4) is 0 Å². The second kappa shape index (κ2) is 9.14. The first-order valence-corrected chi connectivity index (χ1v) is 9.93. The van der Waals surface area contributed by atoms with Gasteiger partial charge in [0.05, 0.1) is 12.5 Å². The molecule has 0 aromatic carbocycles. The Kier molecular flexibility index (Phi) is 6.61. The maximum absolute atomic E-state index is 12.7. The Bertz CT molecular complexity index is 705. The van der Waals surface area contributed by atoms with Crippen molar-refractivity contribution >= 4 is 17.8 Å². The highest BCUT2D eigenvalue weighted by Gasteiger charge is 2.36. The monoisotopic (exact) mass is 388 g/mol.